The second-order valence-electron chi connectivity index (χ2n) is 6.55. The third-order valence-corrected chi connectivity index (χ3v) is 4.56. The van der Waals surface area contributed by atoms with Crippen LogP contribution in [0.4, 0.5) is 0 Å². The van der Waals surface area contributed by atoms with Crippen molar-refractivity contribution in [2.45, 2.75) is 32.6 Å². The van der Waals surface area contributed by atoms with Gasteiger partial charge in [0.05, 0.1) is 13.2 Å². The van der Waals surface area contributed by atoms with Gasteiger partial charge in [0.15, 0.2) is 0 Å². The summed E-state index contributed by atoms with van der Waals surface area (Å²) in [6.07, 6.45) is 4.18. The highest BCUT2D eigenvalue weighted by atomic mass is 35.5. The molecule has 2 N–H and O–H groups in total. The Kier molecular flexibility index (Phi) is 13.2. The molecule has 5 nitrogen and oxygen atoms in total. The maximum atomic E-state index is 11.9. The summed E-state index contributed by atoms with van der Waals surface area (Å²) in [6, 6.07) is 0. The molecule has 1 unspecified atom stereocenters. The lowest BCUT2D eigenvalue weighted by Gasteiger charge is -2.29. The SMILES string of the molecule is CC(CNC(=O)CCC1CCNCC1)CN1CCOCC1.Cl.Cl. The van der Waals surface area contributed by atoms with E-state index in [-0.39, 0.29) is 30.7 Å². The molecule has 0 saturated carbocycles. The van der Waals surface area contributed by atoms with Gasteiger partial charge in [-0.2, -0.15) is 0 Å². The molecule has 2 rings (SSSR count). The van der Waals surface area contributed by atoms with Crippen LogP contribution in [0.25, 0.3) is 0 Å². The summed E-state index contributed by atoms with van der Waals surface area (Å²) in [6.45, 7) is 10.0. The standard InChI is InChI=1S/C16H31N3O2.2ClH/c1-14(13-19-8-10-21-11-9-19)12-18-16(20)3-2-15-4-6-17-7-5-15;;/h14-15,17H,2-13H2,1H3,(H,18,20);2*1H. The van der Waals surface area contributed by atoms with Crippen molar-refractivity contribution in [1.29, 1.82) is 0 Å². The van der Waals surface area contributed by atoms with Crippen LogP contribution in [0, 0.1) is 11.8 Å². The highest BCUT2D eigenvalue weighted by Gasteiger charge is 2.16. The second kappa shape index (κ2) is 13.2. The summed E-state index contributed by atoms with van der Waals surface area (Å²) < 4.78 is 5.35. The number of carbonyl (C=O) groups is 1. The van der Waals surface area contributed by atoms with Gasteiger partial charge in [-0.15, -0.1) is 24.8 Å². The number of hydrogen-bond acceptors (Lipinski definition) is 4. The van der Waals surface area contributed by atoms with Crippen LogP contribution < -0.4 is 10.6 Å². The van der Waals surface area contributed by atoms with Gasteiger partial charge in [-0.3, -0.25) is 9.69 Å². The molecule has 0 aromatic rings. The second-order valence-corrected chi connectivity index (χ2v) is 6.55. The number of halogens is 2. The van der Waals surface area contributed by atoms with Gasteiger partial charge in [0, 0.05) is 32.6 Å². The largest absolute Gasteiger partial charge is 0.379 e. The lowest BCUT2D eigenvalue weighted by atomic mass is 9.93. The Bertz CT molecular complexity index is 310. The Labute approximate surface area is 153 Å². The first-order valence-corrected chi connectivity index (χ1v) is 8.51. The molecule has 138 valence electrons. The maximum Gasteiger partial charge on any atom is 0.220 e. The minimum atomic E-state index is 0. The first kappa shape index (κ1) is 22.9. The molecule has 0 aromatic heterocycles. The van der Waals surface area contributed by atoms with Crippen LogP contribution in [0.5, 0.6) is 0 Å². The fourth-order valence-electron chi connectivity index (χ4n) is 3.17. The van der Waals surface area contributed by atoms with Crippen molar-refractivity contribution in [3.8, 4) is 0 Å². The molecule has 2 heterocycles. The number of carbonyl (C=O) groups excluding carboxylic acids is 1. The Morgan fingerprint density at radius 2 is 1.91 bits per heavy atom. The third-order valence-electron chi connectivity index (χ3n) is 4.56. The van der Waals surface area contributed by atoms with Crippen LogP contribution >= 0.6 is 24.8 Å². The van der Waals surface area contributed by atoms with E-state index in [0.29, 0.717) is 12.3 Å². The molecular weight excluding hydrogens is 337 g/mol. The number of nitrogens with one attached hydrogen (secondary N) is 2. The van der Waals surface area contributed by atoms with E-state index >= 15 is 0 Å². The average Bonchev–Trinajstić information content (AvgIpc) is 2.53. The molecule has 0 aromatic carbocycles. The molecule has 2 aliphatic heterocycles. The monoisotopic (exact) mass is 369 g/mol. The highest BCUT2D eigenvalue weighted by Crippen LogP contribution is 2.17. The van der Waals surface area contributed by atoms with Crippen molar-refractivity contribution in [1.82, 2.24) is 15.5 Å². The van der Waals surface area contributed by atoms with Gasteiger partial charge in [-0.05, 0) is 44.2 Å². The van der Waals surface area contributed by atoms with E-state index in [4.69, 9.17) is 4.74 Å². The van der Waals surface area contributed by atoms with Gasteiger partial charge in [0.2, 0.25) is 5.91 Å². The lowest BCUT2D eigenvalue weighted by Crippen LogP contribution is -2.41. The molecule has 0 spiro atoms. The van der Waals surface area contributed by atoms with Gasteiger partial charge in [-0.25, -0.2) is 0 Å². The third kappa shape index (κ3) is 9.72. The zero-order valence-electron chi connectivity index (χ0n) is 14.2. The molecular formula is C16H33Cl2N3O2. The topological polar surface area (TPSA) is 53.6 Å². The quantitative estimate of drug-likeness (QED) is 0.716. The van der Waals surface area contributed by atoms with Crippen molar-refractivity contribution in [2.75, 3.05) is 52.5 Å². The lowest BCUT2D eigenvalue weighted by molar-refractivity contribution is -0.121. The number of morpholine rings is 1. The first-order chi connectivity index (χ1) is 10.2. The summed E-state index contributed by atoms with van der Waals surface area (Å²) in [5.74, 6) is 1.47. The van der Waals surface area contributed by atoms with E-state index in [2.05, 4.69) is 22.5 Å². The average molecular weight is 370 g/mol. The fraction of sp³-hybridized carbons (Fsp3) is 0.938. The van der Waals surface area contributed by atoms with Crippen LogP contribution in [-0.2, 0) is 9.53 Å². The molecule has 0 aliphatic carbocycles. The van der Waals surface area contributed by atoms with Gasteiger partial charge in [0.1, 0.15) is 0 Å². The van der Waals surface area contributed by atoms with E-state index in [1.165, 1.54) is 12.8 Å². The number of piperidine rings is 1. The molecule has 2 saturated heterocycles. The minimum Gasteiger partial charge on any atom is -0.379 e. The normalized spacial score (nSPS) is 20.9. The zero-order valence-corrected chi connectivity index (χ0v) is 15.9. The van der Waals surface area contributed by atoms with Crippen molar-refractivity contribution < 1.29 is 9.53 Å². The van der Waals surface area contributed by atoms with Crippen molar-refractivity contribution in [2.24, 2.45) is 11.8 Å². The maximum absolute atomic E-state index is 11.9. The van der Waals surface area contributed by atoms with Gasteiger partial charge < -0.3 is 15.4 Å². The van der Waals surface area contributed by atoms with E-state index < -0.39 is 0 Å². The molecule has 2 aliphatic rings. The number of hydrogen-bond donors (Lipinski definition) is 2. The Morgan fingerprint density at radius 3 is 2.57 bits per heavy atom. The van der Waals surface area contributed by atoms with Crippen LogP contribution in [-0.4, -0.2) is 63.3 Å². The van der Waals surface area contributed by atoms with Gasteiger partial charge in [0.25, 0.3) is 0 Å². The van der Waals surface area contributed by atoms with Crippen LogP contribution in [0.3, 0.4) is 0 Å². The predicted molar refractivity (Wildman–Crippen MR) is 98.8 cm³/mol. The van der Waals surface area contributed by atoms with E-state index in [1.54, 1.807) is 0 Å². The molecule has 1 atom stereocenters. The van der Waals surface area contributed by atoms with Crippen LogP contribution in [0.15, 0.2) is 0 Å². The zero-order chi connectivity index (χ0) is 14.9. The first-order valence-electron chi connectivity index (χ1n) is 8.51. The predicted octanol–water partition coefficient (Wildman–Crippen LogP) is 1.69. The van der Waals surface area contributed by atoms with Crippen LogP contribution in [0.2, 0.25) is 0 Å². The Hall–Kier alpha value is -0.0700. The molecule has 0 bridgehead atoms. The summed E-state index contributed by atoms with van der Waals surface area (Å²) in [5, 5.41) is 6.47. The molecule has 1 amide bonds. The van der Waals surface area contributed by atoms with Crippen molar-refractivity contribution in [3.05, 3.63) is 0 Å². The summed E-state index contributed by atoms with van der Waals surface area (Å²) in [4.78, 5) is 14.3. The summed E-state index contributed by atoms with van der Waals surface area (Å²) in [5.41, 5.74) is 0. The smallest absolute Gasteiger partial charge is 0.220 e. The number of rotatable bonds is 7. The Morgan fingerprint density at radius 1 is 1.26 bits per heavy atom. The van der Waals surface area contributed by atoms with E-state index in [1.807, 2.05) is 0 Å². The number of ether oxygens (including phenoxy) is 1. The van der Waals surface area contributed by atoms with Crippen molar-refractivity contribution >= 4 is 30.7 Å². The van der Waals surface area contributed by atoms with E-state index in [9.17, 15) is 4.79 Å². The molecule has 23 heavy (non-hydrogen) atoms. The fourth-order valence-corrected chi connectivity index (χ4v) is 3.17. The van der Waals surface area contributed by atoms with Gasteiger partial charge in [-0.1, -0.05) is 6.92 Å². The van der Waals surface area contributed by atoms with Gasteiger partial charge >= 0.3 is 0 Å². The summed E-state index contributed by atoms with van der Waals surface area (Å²) >= 11 is 0. The Balaban J connectivity index is 0.00000242. The number of amides is 1. The molecule has 7 heteroatoms. The molecule has 0 radical (unpaired) electrons. The van der Waals surface area contributed by atoms with Crippen LogP contribution in [0.1, 0.15) is 32.6 Å². The highest BCUT2D eigenvalue weighted by molar-refractivity contribution is 5.85. The number of nitrogens with zero attached hydrogens (tertiary/aromatic N) is 1. The minimum absolute atomic E-state index is 0. The summed E-state index contributed by atoms with van der Waals surface area (Å²) in [7, 11) is 0. The van der Waals surface area contributed by atoms with Crippen molar-refractivity contribution in [3.63, 3.8) is 0 Å². The molecule has 2 fully saturated rings. The van der Waals surface area contributed by atoms with E-state index in [0.717, 1.165) is 64.8 Å².